The first kappa shape index (κ1) is 9.32. The second kappa shape index (κ2) is 3.87. The maximum atomic E-state index is 11.0. The molecule has 0 aliphatic carbocycles. The minimum atomic E-state index is 0.0681. The summed E-state index contributed by atoms with van der Waals surface area (Å²) in [4.78, 5) is 0.366. The third kappa shape index (κ3) is 2.16. The van der Waals surface area contributed by atoms with Gasteiger partial charge in [-0.1, -0.05) is 5.10 Å². The lowest BCUT2D eigenvalue weighted by Crippen LogP contribution is -2.35. The smallest absolute Gasteiger partial charge is 0.296 e. The molecule has 0 atom stereocenters. The first-order valence-corrected chi connectivity index (χ1v) is 4.38. The first-order chi connectivity index (χ1) is 7.25. The Balaban J connectivity index is 2.02. The number of anilines is 2. The van der Waals surface area contributed by atoms with Gasteiger partial charge in [-0.05, 0) is 18.2 Å². The number of aromatic nitrogens is 2. The van der Waals surface area contributed by atoms with E-state index in [1.54, 1.807) is 18.4 Å². The molecule has 0 unspecified atom stereocenters. The molecule has 6 heteroatoms. The maximum Gasteiger partial charge on any atom is 0.296 e. The van der Waals surface area contributed by atoms with Gasteiger partial charge >= 0.3 is 0 Å². The van der Waals surface area contributed by atoms with Crippen molar-refractivity contribution >= 4 is 11.6 Å². The molecule has 0 saturated heterocycles. The molecule has 2 heterocycles. The van der Waals surface area contributed by atoms with Gasteiger partial charge < -0.3 is 14.9 Å². The summed E-state index contributed by atoms with van der Waals surface area (Å²) in [6.07, 6.45) is 1.58. The van der Waals surface area contributed by atoms with E-state index < -0.39 is 0 Å². The van der Waals surface area contributed by atoms with Gasteiger partial charge in [0.15, 0.2) is 5.82 Å². The van der Waals surface area contributed by atoms with Crippen LogP contribution in [0.15, 0.2) is 34.9 Å². The van der Waals surface area contributed by atoms with Gasteiger partial charge in [0.1, 0.15) is 5.76 Å². The van der Waals surface area contributed by atoms with Crippen LogP contribution in [0, 0.1) is 5.21 Å². The highest BCUT2D eigenvalue weighted by molar-refractivity contribution is 5.35. The van der Waals surface area contributed by atoms with Crippen molar-refractivity contribution in [3.05, 3.63) is 41.5 Å². The molecular formula is C9H10N4O2. The molecule has 6 nitrogen and oxygen atoms in total. The molecular weight excluding hydrogens is 196 g/mol. The Labute approximate surface area is 85.9 Å². The highest BCUT2D eigenvalue weighted by Gasteiger charge is 2.01. The molecule has 15 heavy (non-hydrogen) atoms. The van der Waals surface area contributed by atoms with Gasteiger partial charge in [0.05, 0.1) is 12.8 Å². The lowest BCUT2D eigenvalue weighted by molar-refractivity contribution is -0.653. The van der Waals surface area contributed by atoms with Gasteiger partial charge in [-0.25, -0.2) is 0 Å². The van der Waals surface area contributed by atoms with Crippen LogP contribution in [0.5, 0.6) is 0 Å². The molecule has 0 spiro atoms. The summed E-state index contributed by atoms with van der Waals surface area (Å²) < 4.78 is 5.11. The average molecular weight is 206 g/mol. The van der Waals surface area contributed by atoms with E-state index in [0.29, 0.717) is 17.2 Å². The average Bonchev–Trinajstić information content (AvgIpc) is 2.73. The number of hydrogen-bond acceptors (Lipinski definition) is 5. The highest BCUT2D eigenvalue weighted by atomic mass is 16.5. The van der Waals surface area contributed by atoms with Crippen molar-refractivity contribution in [1.29, 1.82) is 0 Å². The van der Waals surface area contributed by atoms with Crippen molar-refractivity contribution in [2.24, 2.45) is 0 Å². The zero-order valence-electron chi connectivity index (χ0n) is 7.88. The van der Waals surface area contributed by atoms with E-state index >= 15 is 0 Å². The van der Waals surface area contributed by atoms with E-state index in [9.17, 15) is 5.21 Å². The van der Waals surface area contributed by atoms with Gasteiger partial charge in [-0.2, -0.15) is 0 Å². The van der Waals surface area contributed by atoms with E-state index in [4.69, 9.17) is 10.2 Å². The minimum Gasteiger partial charge on any atom is -0.691 e. The van der Waals surface area contributed by atoms with Crippen LogP contribution in [0.25, 0.3) is 0 Å². The second-order valence-electron chi connectivity index (χ2n) is 2.95. The van der Waals surface area contributed by atoms with Crippen LogP contribution in [0.2, 0.25) is 0 Å². The van der Waals surface area contributed by atoms with Crippen molar-refractivity contribution in [1.82, 2.24) is 5.10 Å². The lowest BCUT2D eigenvalue weighted by atomic mass is 10.4. The van der Waals surface area contributed by atoms with Gasteiger partial charge in [0.2, 0.25) is 0 Å². The summed E-state index contributed by atoms with van der Waals surface area (Å²) >= 11 is 0. The molecule has 0 aromatic carbocycles. The Morgan fingerprint density at radius 3 is 3.00 bits per heavy atom. The van der Waals surface area contributed by atoms with E-state index in [1.807, 2.05) is 6.07 Å². The fourth-order valence-electron chi connectivity index (χ4n) is 1.10. The molecule has 78 valence electrons. The van der Waals surface area contributed by atoms with E-state index in [0.717, 1.165) is 5.76 Å². The van der Waals surface area contributed by atoms with Crippen LogP contribution in [0.3, 0.4) is 0 Å². The summed E-state index contributed by atoms with van der Waals surface area (Å²) in [6.45, 7) is 0.476. The summed E-state index contributed by atoms with van der Waals surface area (Å²) in [5.41, 5.74) is 5.32. The molecule has 0 radical (unpaired) electrons. The Hall–Kier alpha value is -2.24. The van der Waals surface area contributed by atoms with Crippen LogP contribution in [-0.4, -0.2) is 5.10 Å². The number of furan rings is 1. The fourth-order valence-corrected chi connectivity index (χ4v) is 1.10. The number of hydrogen-bond donors (Lipinski definition) is 2. The first-order valence-electron chi connectivity index (χ1n) is 4.38. The van der Waals surface area contributed by atoms with Crippen LogP contribution in [0.4, 0.5) is 11.6 Å². The van der Waals surface area contributed by atoms with Crippen molar-refractivity contribution in [2.75, 3.05) is 11.1 Å². The minimum absolute atomic E-state index is 0.0681. The molecule has 0 fully saturated rings. The lowest BCUT2D eigenvalue weighted by Gasteiger charge is -2.05. The predicted molar refractivity (Wildman–Crippen MR) is 53.6 cm³/mol. The summed E-state index contributed by atoms with van der Waals surface area (Å²) in [5, 5.41) is 17.6. The van der Waals surface area contributed by atoms with E-state index in [2.05, 4.69) is 10.4 Å². The SMILES string of the molecule is Nc1ccc(NCc2ccco2)n[n+]1[O-]. The summed E-state index contributed by atoms with van der Waals surface area (Å²) in [6, 6.07) is 6.74. The zero-order valence-corrected chi connectivity index (χ0v) is 7.88. The summed E-state index contributed by atoms with van der Waals surface area (Å²) in [7, 11) is 0. The molecule has 0 aliphatic rings. The van der Waals surface area contributed by atoms with Crippen molar-refractivity contribution in [2.45, 2.75) is 6.54 Å². The van der Waals surface area contributed by atoms with Crippen LogP contribution in [-0.2, 0) is 6.54 Å². The third-order valence-corrected chi connectivity index (χ3v) is 1.86. The predicted octanol–water partition coefficient (Wildman–Crippen LogP) is 0.502. The number of nitrogens with zero attached hydrogens (tertiary/aromatic N) is 2. The Morgan fingerprint density at radius 1 is 1.47 bits per heavy atom. The van der Waals surface area contributed by atoms with Crippen molar-refractivity contribution in [3.63, 3.8) is 0 Å². The zero-order chi connectivity index (χ0) is 10.7. The molecule has 2 aromatic heterocycles. The molecule has 3 N–H and O–H groups in total. The number of rotatable bonds is 3. The maximum absolute atomic E-state index is 11.0. The fraction of sp³-hybridized carbons (Fsp3) is 0.111. The Kier molecular flexibility index (Phi) is 2.40. The quantitative estimate of drug-likeness (QED) is 0.563. The van der Waals surface area contributed by atoms with Crippen molar-refractivity contribution < 1.29 is 9.26 Å². The van der Waals surface area contributed by atoms with Crippen LogP contribution < -0.4 is 15.9 Å². The monoisotopic (exact) mass is 206 g/mol. The van der Waals surface area contributed by atoms with Gasteiger partial charge in [-0.3, -0.25) is 5.73 Å². The number of nitrogens with one attached hydrogen (secondary N) is 1. The largest absolute Gasteiger partial charge is 0.691 e. The van der Waals surface area contributed by atoms with Crippen molar-refractivity contribution in [3.8, 4) is 0 Å². The molecule has 0 bridgehead atoms. The summed E-state index contributed by atoms with van der Waals surface area (Å²) in [5.74, 6) is 1.29. The number of nitrogens with two attached hydrogens (primary N) is 1. The third-order valence-electron chi connectivity index (χ3n) is 1.86. The van der Waals surface area contributed by atoms with Gasteiger partial charge in [0.25, 0.3) is 5.82 Å². The second-order valence-corrected chi connectivity index (χ2v) is 2.95. The topological polar surface area (TPSA) is 91.0 Å². The van der Waals surface area contributed by atoms with Crippen LogP contribution >= 0.6 is 0 Å². The molecule has 2 rings (SSSR count). The number of nitrogen functional groups attached to an aromatic ring is 1. The van der Waals surface area contributed by atoms with Crippen LogP contribution in [0.1, 0.15) is 5.76 Å². The molecule has 2 aromatic rings. The normalized spacial score (nSPS) is 10.1. The molecule has 0 saturated carbocycles. The van der Waals surface area contributed by atoms with E-state index in [1.165, 1.54) is 6.07 Å². The van der Waals surface area contributed by atoms with E-state index in [-0.39, 0.29) is 5.82 Å². The Morgan fingerprint density at radius 2 is 2.33 bits per heavy atom. The Bertz CT molecular complexity index is 441. The highest BCUT2D eigenvalue weighted by Crippen LogP contribution is 2.05. The van der Waals surface area contributed by atoms with Gasteiger partial charge in [-0.15, -0.1) is 4.85 Å². The molecule has 0 amide bonds. The molecule has 0 aliphatic heterocycles. The van der Waals surface area contributed by atoms with Gasteiger partial charge in [0, 0.05) is 6.07 Å². The standard InChI is InChI=1S/C9H10N4O2/c10-8-3-4-9(12-13(8)14)11-6-7-2-1-5-15-7/h1-5H,6,10H2,(H,11,12).